The number of carbonyl (C=O) groups excluding carboxylic acids is 1. The summed E-state index contributed by atoms with van der Waals surface area (Å²) < 4.78 is 0. The van der Waals surface area contributed by atoms with Crippen LogP contribution in [0, 0.1) is 6.92 Å². The number of aryl methyl sites for hydroxylation is 1. The largest absolute Gasteiger partial charge is 0.336 e. The van der Waals surface area contributed by atoms with Gasteiger partial charge in [0.25, 0.3) is 5.91 Å². The normalized spacial score (nSPS) is 14.6. The standard InChI is InChI=1S/C26H26N4OS2/c1-19-28-23(17-32-19)18-33-24-9-7-21(8-10-24)26(31)30-14-12-29(13-15-30)16-22-5-2-4-20-6-3-11-27-25(20)22/h2-11,17H,12-16,18H2,1H3. The van der Waals surface area contributed by atoms with Crippen LogP contribution in [0.2, 0.25) is 0 Å². The van der Waals surface area contributed by atoms with Gasteiger partial charge in [0.15, 0.2) is 0 Å². The van der Waals surface area contributed by atoms with E-state index in [-0.39, 0.29) is 5.91 Å². The maximum atomic E-state index is 13.0. The van der Waals surface area contributed by atoms with E-state index < -0.39 is 0 Å². The molecule has 168 valence electrons. The van der Waals surface area contributed by atoms with Crippen LogP contribution in [0.15, 0.2) is 71.1 Å². The first-order valence-electron chi connectivity index (χ1n) is 11.1. The SMILES string of the molecule is Cc1nc(CSc2ccc(C(=O)N3CCN(Cc4cccc5cccnc45)CC3)cc2)cs1. The molecule has 5 rings (SSSR count). The van der Waals surface area contributed by atoms with Gasteiger partial charge in [-0.15, -0.1) is 23.1 Å². The van der Waals surface area contributed by atoms with E-state index in [0.29, 0.717) is 0 Å². The van der Waals surface area contributed by atoms with Gasteiger partial charge in [0.05, 0.1) is 16.2 Å². The molecule has 1 fully saturated rings. The molecule has 3 heterocycles. The molecule has 1 aliphatic heterocycles. The van der Waals surface area contributed by atoms with Gasteiger partial charge in [-0.05, 0) is 42.8 Å². The minimum absolute atomic E-state index is 0.119. The highest BCUT2D eigenvalue weighted by molar-refractivity contribution is 7.98. The maximum absolute atomic E-state index is 13.0. The number of thioether (sulfide) groups is 1. The third-order valence-corrected chi connectivity index (χ3v) is 7.79. The zero-order valence-electron chi connectivity index (χ0n) is 18.6. The van der Waals surface area contributed by atoms with E-state index in [9.17, 15) is 4.79 Å². The summed E-state index contributed by atoms with van der Waals surface area (Å²) in [6.45, 7) is 6.13. The van der Waals surface area contributed by atoms with Crippen molar-refractivity contribution >= 4 is 39.9 Å². The average molecular weight is 475 g/mol. The molecule has 2 aromatic carbocycles. The molecule has 7 heteroatoms. The maximum Gasteiger partial charge on any atom is 0.253 e. The van der Waals surface area contributed by atoms with Crippen molar-refractivity contribution in [1.29, 1.82) is 0 Å². The van der Waals surface area contributed by atoms with E-state index in [2.05, 4.69) is 44.5 Å². The number of nitrogens with zero attached hydrogens (tertiary/aromatic N) is 4. The highest BCUT2D eigenvalue weighted by atomic mass is 32.2. The molecule has 0 radical (unpaired) electrons. The monoisotopic (exact) mass is 474 g/mol. The van der Waals surface area contributed by atoms with Gasteiger partial charge in [0, 0.05) is 65.9 Å². The van der Waals surface area contributed by atoms with E-state index in [0.717, 1.165) is 65.2 Å². The lowest BCUT2D eigenvalue weighted by Crippen LogP contribution is -2.48. The third-order valence-electron chi connectivity index (χ3n) is 5.92. The van der Waals surface area contributed by atoms with E-state index >= 15 is 0 Å². The number of hydrogen-bond acceptors (Lipinski definition) is 6. The number of thiazole rings is 1. The summed E-state index contributed by atoms with van der Waals surface area (Å²) in [5.74, 6) is 0.972. The molecule has 0 aliphatic carbocycles. The summed E-state index contributed by atoms with van der Waals surface area (Å²) in [6.07, 6.45) is 1.85. The molecule has 2 aromatic heterocycles. The molecule has 0 unspecified atom stereocenters. The summed E-state index contributed by atoms with van der Waals surface area (Å²) in [5, 5.41) is 4.38. The molecule has 1 saturated heterocycles. The number of rotatable bonds is 6. The van der Waals surface area contributed by atoms with Crippen molar-refractivity contribution in [3.63, 3.8) is 0 Å². The Morgan fingerprint density at radius 3 is 2.58 bits per heavy atom. The fourth-order valence-electron chi connectivity index (χ4n) is 4.15. The van der Waals surface area contributed by atoms with Gasteiger partial charge in [-0.25, -0.2) is 4.98 Å². The lowest BCUT2D eigenvalue weighted by molar-refractivity contribution is 0.0629. The number of amides is 1. The number of fused-ring (bicyclic) bond motifs is 1. The van der Waals surface area contributed by atoms with Crippen LogP contribution in [0.4, 0.5) is 0 Å². The fraction of sp³-hybridized carbons (Fsp3) is 0.269. The van der Waals surface area contributed by atoms with Crippen molar-refractivity contribution in [2.75, 3.05) is 26.2 Å². The number of aromatic nitrogens is 2. The topological polar surface area (TPSA) is 49.3 Å². The molecule has 33 heavy (non-hydrogen) atoms. The number of benzene rings is 2. The van der Waals surface area contributed by atoms with Crippen LogP contribution in [0.5, 0.6) is 0 Å². The Hall–Kier alpha value is -2.74. The Morgan fingerprint density at radius 1 is 1.03 bits per heavy atom. The van der Waals surface area contributed by atoms with Crippen LogP contribution in [0.3, 0.4) is 0 Å². The second kappa shape index (κ2) is 10.0. The quantitative estimate of drug-likeness (QED) is 0.357. The van der Waals surface area contributed by atoms with Gasteiger partial charge >= 0.3 is 0 Å². The van der Waals surface area contributed by atoms with Gasteiger partial charge in [-0.1, -0.05) is 24.3 Å². The van der Waals surface area contributed by atoms with Gasteiger partial charge < -0.3 is 4.90 Å². The van der Waals surface area contributed by atoms with Gasteiger partial charge in [0.2, 0.25) is 0 Å². The lowest BCUT2D eigenvalue weighted by Gasteiger charge is -2.35. The Labute approximate surface area is 202 Å². The van der Waals surface area contributed by atoms with Crippen molar-refractivity contribution < 1.29 is 4.79 Å². The molecule has 1 aliphatic rings. The van der Waals surface area contributed by atoms with E-state index in [1.807, 2.05) is 48.4 Å². The van der Waals surface area contributed by atoms with Gasteiger partial charge in [-0.3, -0.25) is 14.7 Å². The van der Waals surface area contributed by atoms with E-state index in [1.165, 1.54) is 10.9 Å². The Kier molecular flexibility index (Phi) is 6.71. The second-order valence-electron chi connectivity index (χ2n) is 8.23. The van der Waals surface area contributed by atoms with E-state index in [4.69, 9.17) is 0 Å². The summed E-state index contributed by atoms with van der Waals surface area (Å²) in [5.41, 5.74) is 4.19. The Balaban J connectivity index is 1.15. The first-order valence-corrected chi connectivity index (χ1v) is 13.0. The molecule has 1 amide bonds. The number of carbonyl (C=O) groups is 1. The summed E-state index contributed by atoms with van der Waals surface area (Å²) in [6, 6.07) is 18.4. The van der Waals surface area contributed by atoms with Crippen LogP contribution >= 0.6 is 23.1 Å². The lowest BCUT2D eigenvalue weighted by atomic mass is 10.1. The summed E-state index contributed by atoms with van der Waals surface area (Å²) in [4.78, 5) is 27.6. The first-order chi connectivity index (χ1) is 16.2. The summed E-state index contributed by atoms with van der Waals surface area (Å²) in [7, 11) is 0. The van der Waals surface area contributed by atoms with Crippen molar-refractivity contribution in [3.8, 4) is 0 Å². The smallest absolute Gasteiger partial charge is 0.253 e. The zero-order valence-corrected chi connectivity index (χ0v) is 20.2. The Morgan fingerprint density at radius 2 is 1.82 bits per heavy atom. The predicted octanol–water partition coefficient (Wildman–Crippen LogP) is 5.25. The molecule has 0 bridgehead atoms. The van der Waals surface area contributed by atoms with Crippen molar-refractivity contribution in [1.82, 2.24) is 19.8 Å². The molecule has 0 N–H and O–H groups in total. The average Bonchev–Trinajstić information content (AvgIpc) is 3.28. The highest BCUT2D eigenvalue weighted by Crippen LogP contribution is 2.24. The number of para-hydroxylation sites is 1. The highest BCUT2D eigenvalue weighted by Gasteiger charge is 2.22. The summed E-state index contributed by atoms with van der Waals surface area (Å²) >= 11 is 3.43. The third kappa shape index (κ3) is 5.27. The Bertz CT molecular complexity index is 1240. The second-order valence-corrected chi connectivity index (χ2v) is 10.3. The minimum atomic E-state index is 0.119. The number of piperazine rings is 1. The minimum Gasteiger partial charge on any atom is -0.336 e. The number of hydrogen-bond donors (Lipinski definition) is 0. The van der Waals surface area contributed by atoms with Crippen LogP contribution in [0.1, 0.15) is 26.6 Å². The van der Waals surface area contributed by atoms with Crippen LogP contribution in [0.25, 0.3) is 10.9 Å². The van der Waals surface area contributed by atoms with Crippen LogP contribution in [-0.2, 0) is 12.3 Å². The molecular formula is C26H26N4OS2. The van der Waals surface area contributed by atoms with Gasteiger partial charge in [0.1, 0.15) is 0 Å². The fourth-order valence-corrected chi connectivity index (χ4v) is 5.66. The van der Waals surface area contributed by atoms with Crippen LogP contribution in [-0.4, -0.2) is 51.9 Å². The molecule has 5 nitrogen and oxygen atoms in total. The molecule has 0 saturated carbocycles. The molecule has 4 aromatic rings. The molecular weight excluding hydrogens is 448 g/mol. The number of pyridine rings is 1. The molecule has 0 spiro atoms. The van der Waals surface area contributed by atoms with Crippen molar-refractivity contribution in [3.05, 3.63) is 88.0 Å². The first kappa shape index (κ1) is 22.1. The zero-order chi connectivity index (χ0) is 22.6. The predicted molar refractivity (Wildman–Crippen MR) is 136 cm³/mol. The van der Waals surface area contributed by atoms with E-state index in [1.54, 1.807) is 23.1 Å². The van der Waals surface area contributed by atoms with Crippen LogP contribution < -0.4 is 0 Å². The van der Waals surface area contributed by atoms with Crippen molar-refractivity contribution in [2.45, 2.75) is 24.1 Å². The molecule has 0 atom stereocenters. The van der Waals surface area contributed by atoms with Gasteiger partial charge in [-0.2, -0.15) is 0 Å². The van der Waals surface area contributed by atoms with Crippen molar-refractivity contribution in [2.24, 2.45) is 0 Å².